The number of anilines is 1. The number of nitrogens with one attached hydrogen (secondary N) is 1. The molecule has 0 radical (unpaired) electrons. The molecular formula is C16H16ClN3O6S. The van der Waals surface area contributed by atoms with E-state index in [1.54, 1.807) is 30.3 Å². The summed E-state index contributed by atoms with van der Waals surface area (Å²) in [6.07, 6.45) is 3.12. The van der Waals surface area contributed by atoms with Crippen LogP contribution in [0.25, 0.3) is 6.08 Å². The first-order chi connectivity index (χ1) is 12.7. The predicted molar refractivity (Wildman–Crippen MR) is 97.1 cm³/mol. The molecule has 2 aliphatic rings. The number of benzene rings is 1. The third-order valence-corrected chi connectivity index (χ3v) is 5.59. The van der Waals surface area contributed by atoms with Crippen LogP contribution in [0.3, 0.4) is 0 Å². The Bertz CT molecular complexity index is 915. The molecule has 9 nitrogen and oxygen atoms in total. The number of hydrogen-bond donors (Lipinski definition) is 2. The van der Waals surface area contributed by atoms with Crippen LogP contribution >= 0.6 is 11.6 Å². The van der Waals surface area contributed by atoms with Gasteiger partial charge in [-0.15, -0.1) is 11.6 Å². The van der Waals surface area contributed by atoms with Crippen molar-refractivity contribution in [3.05, 3.63) is 35.9 Å². The van der Waals surface area contributed by atoms with Crippen molar-refractivity contribution in [2.45, 2.75) is 18.5 Å². The fourth-order valence-corrected chi connectivity index (χ4v) is 4.16. The van der Waals surface area contributed by atoms with E-state index in [9.17, 15) is 22.8 Å². The number of carbonyl (C=O) groups excluding carboxylic acids is 3. The third kappa shape index (κ3) is 3.82. The molecule has 2 aliphatic heterocycles. The van der Waals surface area contributed by atoms with Gasteiger partial charge >= 0.3 is 10.3 Å². The van der Waals surface area contributed by atoms with Crippen LogP contribution in [0.4, 0.5) is 5.69 Å². The van der Waals surface area contributed by atoms with E-state index in [0.29, 0.717) is 15.6 Å². The number of fused-ring (bicyclic) bond motifs is 1. The summed E-state index contributed by atoms with van der Waals surface area (Å²) in [5.74, 6) is -1.71. The van der Waals surface area contributed by atoms with Gasteiger partial charge in [-0.25, -0.2) is 4.31 Å². The maximum atomic E-state index is 12.3. The van der Waals surface area contributed by atoms with E-state index < -0.39 is 34.2 Å². The molecule has 0 saturated carbocycles. The Morgan fingerprint density at radius 2 is 1.96 bits per heavy atom. The molecule has 1 aromatic rings. The van der Waals surface area contributed by atoms with Gasteiger partial charge in [-0.3, -0.25) is 18.9 Å². The molecule has 0 bridgehead atoms. The van der Waals surface area contributed by atoms with E-state index in [2.05, 4.69) is 5.32 Å². The summed E-state index contributed by atoms with van der Waals surface area (Å²) in [5, 5.41) is 2.59. The van der Waals surface area contributed by atoms with Crippen LogP contribution in [0.1, 0.15) is 12.0 Å². The van der Waals surface area contributed by atoms with Crippen LogP contribution in [0.2, 0.25) is 0 Å². The minimum absolute atomic E-state index is 0.151. The molecule has 27 heavy (non-hydrogen) atoms. The summed E-state index contributed by atoms with van der Waals surface area (Å²) >= 11 is 5.41. The van der Waals surface area contributed by atoms with Gasteiger partial charge in [-0.2, -0.15) is 8.42 Å². The Morgan fingerprint density at radius 1 is 1.30 bits per heavy atom. The summed E-state index contributed by atoms with van der Waals surface area (Å²) in [6, 6.07) is 5.11. The number of hydrogen-bond acceptors (Lipinski definition) is 5. The first kappa shape index (κ1) is 19.3. The highest BCUT2D eigenvalue weighted by Crippen LogP contribution is 2.35. The van der Waals surface area contributed by atoms with Gasteiger partial charge in [0, 0.05) is 18.3 Å². The summed E-state index contributed by atoms with van der Waals surface area (Å²) < 4.78 is 31.8. The van der Waals surface area contributed by atoms with Crippen molar-refractivity contribution in [2.24, 2.45) is 0 Å². The van der Waals surface area contributed by atoms with Crippen LogP contribution in [-0.2, 0) is 24.7 Å². The Morgan fingerprint density at radius 3 is 2.56 bits per heavy atom. The number of halogens is 1. The molecule has 11 heteroatoms. The van der Waals surface area contributed by atoms with Gasteiger partial charge in [0.05, 0.1) is 6.04 Å². The second kappa shape index (κ2) is 7.29. The van der Waals surface area contributed by atoms with Crippen molar-refractivity contribution < 1.29 is 27.4 Å². The molecule has 2 saturated heterocycles. The third-order valence-electron chi connectivity index (χ3n) is 4.40. The number of amides is 3. The highest BCUT2D eigenvalue weighted by atomic mass is 35.5. The molecule has 2 fully saturated rings. The lowest BCUT2D eigenvalue weighted by atomic mass is 10.0. The van der Waals surface area contributed by atoms with Gasteiger partial charge in [0.15, 0.2) is 0 Å². The Balaban J connectivity index is 1.63. The molecule has 2 atom stereocenters. The topological polar surface area (TPSA) is 124 Å². The number of rotatable bonds is 5. The lowest BCUT2D eigenvalue weighted by Crippen LogP contribution is -2.68. The fraction of sp³-hybridized carbons (Fsp3) is 0.312. The minimum atomic E-state index is -4.60. The Labute approximate surface area is 160 Å². The van der Waals surface area contributed by atoms with Crippen molar-refractivity contribution in [3.63, 3.8) is 0 Å². The molecular weight excluding hydrogens is 398 g/mol. The highest BCUT2D eigenvalue weighted by Gasteiger charge is 2.59. The minimum Gasteiger partial charge on any atom is -0.325 e. The molecule has 1 aromatic carbocycles. The van der Waals surface area contributed by atoms with Gasteiger partial charge in [-0.05, 0) is 30.2 Å². The number of likely N-dealkylation sites (tertiary alicyclic amines) is 1. The van der Waals surface area contributed by atoms with Crippen molar-refractivity contribution in [1.29, 1.82) is 0 Å². The van der Waals surface area contributed by atoms with Crippen LogP contribution in [0, 0.1) is 0 Å². The number of carbonyl (C=O) groups is 3. The summed E-state index contributed by atoms with van der Waals surface area (Å²) in [7, 11) is -4.60. The van der Waals surface area contributed by atoms with Crippen LogP contribution < -0.4 is 5.32 Å². The maximum Gasteiger partial charge on any atom is 0.362 e. The quantitative estimate of drug-likeness (QED) is 0.313. The van der Waals surface area contributed by atoms with Gasteiger partial charge in [0.1, 0.15) is 11.9 Å². The van der Waals surface area contributed by atoms with Crippen LogP contribution in [-0.4, -0.2) is 64.4 Å². The van der Waals surface area contributed by atoms with Gasteiger partial charge in [-0.1, -0.05) is 12.1 Å². The van der Waals surface area contributed by atoms with E-state index in [1.807, 2.05) is 0 Å². The smallest absolute Gasteiger partial charge is 0.325 e. The summed E-state index contributed by atoms with van der Waals surface area (Å²) in [5.41, 5.74) is 1.26. The monoisotopic (exact) mass is 413 g/mol. The molecule has 3 rings (SSSR count). The molecule has 0 aliphatic carbocycles. The largest absolute Gasteiger partial charge is 0.362 e. The van der Waals surface area contributed by atoms with Crippen LogP contribution in [0.15, 0.2) is 30.3 Å². The van der Waals surface area contributed by atoms with Crippen molar-refractivity contribution in [1.82, 2.24) is 9.21 Å². The normalized spacial score (nSPS) is 21.9. The van der Waals surface area contributed by atoms with E-state index in [1.165, 1.54) is 11.0 Å². The maximum absolute atomic E-state index is 12.3. The molecule has 3 amide bonds. The number of alkyl halides is 1. The zero-order chi connectivity index (χ0) is 19.8. The fourth-order valence-electron chi connectivity index (χ4n) is 3.20. The molecule has 144 valence electrons. The Kier molecular flexibility index (Phi) is 5.22. The molecule has 2 N–H and O–H groups in total. The standard InChI is InChI=1S/C16H16ClN3O6S/c17-9-13(21)18-11-4-1-10(2-5-11)3-6-14(22)19-8-7-12-15(19)16(23)20(12)27(24,25)26/h1-6,12,15H,7-9H2,(H,18,21)(H,24,25,26)/b6-3+/t12-,15+/m1/s1. The second-order valence-corrected chi connectivity index (χ2v) is 7.64. The van der Waals surface area contributed by atoms with E-state index in [-0.39, 0.29) is 24.8 Å². The van der Waals surface area contributed by atoms with Crippen molar-refractivity contribution >= 4 is 51.4 Å². The lowest BCUT2D eigenvalue weighted by Gasteiger charge is -2.42. The van der Waals surface area contributed by atoms with Crippen molar-refractivity contribution in [3.8, 4) is 0 Å². The lowest BCUT2D eigenvalue weighted by molar-refractivity contribution is -0.149. The van der Waals surface area contributed by atoms with E-state index in [4.69, 9.17) is 16.2 Å². The van der Waals surface area contributed by atoms with Crippen molar-refractivity contribution in [2.75, 3.05) is 17.7 Å². The molecule has 0 unspecified atom stereocenters. The molecule has 0 spiro atoms. The first-order valence-corrected chi connectivity index (χ1v) is 9.91. The van der Waals surface area contributed by atoms with E-state index in [0.717, 1.165) is 0 Å². The highest BCUT2D eigenvalue weighted by molar-refractivity contribution is 7.84. The number of nitrogens with zero attached hydrogens (tertiary/aromatic N) is 2. The average molecular weight is 414 g/mol. The summed E-state index contributed by atoms with van der Waals surface area (Å²) in [6.45, 7) is 0.222. The summed E-state index contributed by atoms with van der Waals surface area (Å²) in [4.78, 5) is 36.8. The molecule has 2 heterocycles. The average Bonchev–Trinajstić information content (AvgIpc) is 2.98. The Hall–Kier alpha value is -2.43. The van der Waals surface area contributed by atoms with E-state index >= 15 is 0 Å². The van der Waals surface area contributed by atoms with Gasteiger partial charge in [0.25, 0.3) is 5.91 Å². The first-order valence-electron chi connectivity index (χ1n) is 7.97. The molecule has 0 aromatic heterocycles. The van der Waals surface area contributed by atoms with Gasteiger partial charge in [0.2, 0.25) is 11.8 Å². The second-order valence-electron chi connectivity index (χ2n) is 6.08. The zero-order valence-electron chi connectivity index (χ0n) is 13.9. The van der Waals surface area contributed by atoms with Crippen LogP contribution in [0.5, 0.6) is 0 Å². The SMILES string of the molecule is O=C(CCl)Nc1ccc(/C=C/C(=O)N2CC[C@@H]3[C@H]2C(=O)N3S(=O)(=O)O)cc1. The number of β-lactam (4-membered cyclic amide) rings is 1. The zero-order valence-corrected chi connectivity index (χ0v) is 15.5. The predicted octanol–water partition coefficient (Wildman–Crippen LogP) is 0.492. The van der Waals surface area contributed by atoms with Gasteiger partial charge < -0.3 is 10.2 Å².